The van der Waals surface area contributed by atoms with E-state index >= 15 is 0 Å². The van der Waals surface area contributed by atoms with Gasteiger partial charge in [-0.3, -0.25) is 11.3 Å². The van der Waals surface area contributed by atoms with Gasteiger partial charge in [-0.05, 0) is 25.9 Å². The fraction of sp³-hybridized carbons (Fsp3) is 1.00. The molecule has 0 aromatic rings. The van der Waals surface area contributed by atoms with E-state index in [1.165, 1.54) is 19.3 Å². The molecule has 0 bridgehead atoms. The largest absolute Gasteiger partial charge is 0.317 e. The molecule has 0 aromatic carbocycles. The molecule has 4 N–H and O–H groups in total. The standard InChI is InChI=1S/C8H21N3/c1-2-3-4-6-10-7-5-8-11-9/h10-11H,2-9H2,1H3. The number of unbranched alkanes of at least 4 members (excludes halogenated alkanes) is 2. The summed E-state index contributed by atoms with van der Waals surface area (Å²) >= 11 is 0. The molecule has 0 aliphatic carbocycles. The number of rotatable bonds is 8. The molecule has 0 saturated carbocycles. The van der Waals surface area contributed by atoms with Crippen molar-refractivity contribution < 1.29 is 0 Å². The molecule has 0 aliphatic rings. The fourth-order valence-electron chi connectivity index (χ4n) is 0.940. The van der Waals surface area contributed by atoms with Crippen molar-refractivity contribution in [1.29, 1.82) is 0 Å². The third-order valence-electron chi connectivity index (χ3n) is 1.63. The predicted molar refractivity (Wildman–Crippen MR) is 49.2 cm³/mol. The van der Waals surface area contributed by atoms with Crippen LogP contribution in [-0.2, 0) is 0 Å². The first kappa shape index (κ1) is 10.9. The molecule has 0 saturated heterocycles. The number of nitrogens with one attached hydrogen (secondary N) is 2. The molecule has 0 aromatic heterocycles. The maximum absolute atomic E-state index is 5.11. The van der Waals surface area contributed by atoms with Crippen molar-refractivity contribution in [3.63, 3.8) is 0 Å². The summed E-state index contributed by atoms with van der Waals surface area (Å²) in [5.41, 5.74) is 2.63. The van der Waals surface area contributed by atoms with Crippen LogP contribution in [0.3, 0.4) is 0 Å². The highest BCUT2D eigenvalue weighted by Crippen LogP contribution is 1.90. The summed E-state index contributed by atoms with van der Waals surface area (Å²) in [7, 11) is 0. The minimum absolute atomic E-state index is 0.904. The minimum atomic E-state index is 0.904. The second-order valence-electron chi connectivity index (χ2n) is 2.76. The van der Waals surface area contributed by atoms with E-state index in [0.29, 0.717) is 0 Å². The lowest BCUT2D eigenvalue weighted by Gasteiger charge is -2.02. The van der Waals surface area contributed by atoms with Gasteiger partial charge in [-0.15, -0.1) is 0 Å². The molecule has 0 atom stereocenters. The van der Waals surface area contributed by atoms with Gasteiger partial charge in [-0.2, -0.15) is 0 Å². The fourth-order valence-corrected chi connectivity index (χ4v) is 0.940. The van der Waals surface area contributed by atoms with Gasteiger partial charge in [0.05, 0.1) is 0 Å². The van der Waals surface area contributed by atoms with Crippen LogP contribution in [0.2, 0.25) is 0 Å². The summed E-state index contributed by atoms with van der Waals surface area (Å²) in [5, 5.41) is 3.36. The molecule has 0 fully saturated rings. The summed E-state index contributed by atoms with van der Waals surface area (Å²) in [5.74, 6) is 5.11. The smallest absolute Gasteiger partial charge is 0.0109 e. The van der Waals surface area contributed by atoms with Gasteiger partial charge in [0, 0.05) is 6.54 Å². The number of hydrogen-bond acceptors (Lipinski definition) is 3. The zero-order valence-electron chi connectivity index (χ0n) is 7.53. The van der Waals surface area contributed by atoms with Crippen molar-refractivity contribution in [2.45, 2.75) is 32.6 Å². The Kier molecular flexibility index (Phi) is 9.77. The predicted octanol–water partition coefficient (Wildman–Crippen LogP) is 0.620. The summed E-state index contributed by atoms with van der Waals surface area (Å²) < 4.78 is 0. The van der Waals surface area contributed by atoms with Crippen LogP contribution in [0, 0.1) is 0 Å². The van der Waals surface area contributed by atoms with E-state index in [1.54, 1.807) is 0 Å². The van der Waals surface area contributed by atoms with E-state index in [2.05, 4.69) is 17.7 Å². The maximum atomic E-state index is 5.11. The lowest BCUT2D eigenvalue weighted by molar-refractivity contribution is 0.579. The molecule has 3 nitrogen and oxygen atoms in total. The van der Waals surface area contributed by atoms with Crippen LogP contribution in [-0.4, -0.2) is 19.6 Å². The quantitative estimate of drug-likeness (QED) is 0.276. The van der Waals surface area contributed by atoms with Gasteiger partial charge in [0.25, 0.3) is 0 Å². The Labute approximate surface area is 69.7 Å². The Morgan fingerprint density at radius 1 is 1.00 bits per heavy atom. The Morgan fingerprint density at radius 2 is 1.73 bits per heavy atom. The molecular weight excluding hydrogens is 138 g/mol. The first-order chi connectivity index (χ1) is 5.41. The third-order valence-corrected chi connectivity index (χ3v) is 1.63. The van der Waals surface area contributed by atoms with Gasteiger partial charge in [-0.1, -0.05) is 19.8 Å². The van der Waals surface area contributed by atoms with Crippen LogP contribution in [0.25, 0.3) is 0 Å². The molecule has 0 spiro atoms. The number of hydrazine groups is 1. The van der Waals surface area contributed by atoms with Crippen LogP contribution < -0.4 is 16.6 Å². The summed E-state index contributed by atoms with van der Waals surface area (Å²) in [6.07, 6.45) is 5.04. The van der Waals surface area contributed by atoms with E-state index in [4.69, 9.17) is 5.84 Å². The maximum Gasteiger partial charge on any atom is 0.0109 e. The topological polar surface area (TPSA) is 50.1 Å². The Bertz CT molecular complexity index is 58.4. The van der Waals surface area contributed by atoms with E-state index < -0.39 is 0 Å². The molecule has 0 heterocycles. The molecule has 11 heavy (non-hydrogen) atoms. The normalized spacial score (nSPS) is 10.4. The molecular formula is C8H21N3. The highest BCUT2D eigenvalue weighted by molar-refractivity contribution is 4.48. The van der Waals surface area contributed by atoms with Gasteiger partial charge >= 0.3 is 0 Å². The zero-order chi connectivity index (χ0) is 8.36. The lowest BCUT2D eigenvalue weighted by atomic mass is 10.2. The monoisotopic (exact) mass is 159 g/mol. The second kappa shape index (κ2) is 9.88. The van der Waals surface area contributed by atoms with Crippen LogP contribution >= 0.6 is 0 Å². The van der Waals surface area contributed by atoms with Crippen LogP contribution in [0.5, 0.6) is 0 Å². The number of nitrogens with two attached hydrogens (primary N) is 1. The van der Waals surface area contributed by atoms with E-state index in [0.717, 1.165) is 26.1 Å². The van der Waals surface area contributed by atoms with Crippen molar-refractivity contribution in [2.75, 3.05) is 19.6 Å². The molecule has 0 radical (unpaired) electrons. The van der Waals surface area contributed by atoms with Crippen LogP contribution in [0.4, 0.5) is 0 Å². The van der Waals surface area contributed by atoms with E-state index in [9.17, 15) is 0 Å². The van der Waals surface area contributed by atoms with Crippen molar-refractivity contribution in [1.82, 2.24) is 10.7 Å². The molecule has 3 heteroatoms. The summed E-state index contributed by atoms with van der Waals surface area (Å²) in [6.45, 7) is 5.35. The summed E-state index contributed by atoms with van der Waals surface area (Å²) in [6, 6.07) is 0. The van der Waals surface area contributed by atoms with Crippen molar-refractivity contribution in [3.8, 4) is 0 Å². The first-order valence-corrected chi connectivity index (χ1v) is 4.56. The van der Waals surface area contributed by atoms with Gasteiger partial charge in [0.1, 0.15) is 0 Å². The van der Waals surface area contributed by atoms with Crippen LogP contribution in [0.15, 0.2) is 0 Å². The molecule has 0 amide bonds. The molecule has 0 aliphatic heterocycles. The Morgan fingerprint density at radius 3 is 2.36 bits per heavy atom. The van der Waals surface area contributed by atoms with Crippen molar-refractivity contribution in [3.05, 3.63) is 0 Å². The van der Waals surface area contributed by atoms with Crippen LogP contribution in [0.1, 0.15) is 32.6 Å². The lowest BCUT2D eigenvalue weighted by Crippen LogP contribution is -2.26. The SMILES string of the molecule is CCCCCNCCCNN. The summed E-state index contributed by atoms with van der Waals surface area (Å²) in [4.78, 5) is 0. The first-order valence-electron chi connectivity index (χ1n) is 4.56. The molecule has 68 valence electrons. The Hall–Kier alpha value is -0.120. The van der Waals surface area contributed by atoms with Crippen molar-refractivity contribution in [2.24, 2.45) is 5.84 Å². The second-order valence-corrected chi connectivity index (χ2v) is 2.76. The average molecular weight is 159 g/mol. The molecule has 0 rings (SSSR count). The minimum Gasteiger partial charge on any atom is -0.317 e. The van der Waals surface area contributed by atoms with E-state index in [1.807, 2.05) is 0 Å². The molecule has 0 unspecified atom stereocenters. The average Bonchev–Trinajstić information content (AvgIpc) is 2.03. The highest BCUT2D eigenvalue weighted by Gasteiger charge is 1.86. The third kappa shape index (κ3) is 9.88. The van der Waals surface area contributed by atoms with E-state index in [-0.39, 0.29) is 0 Å². The van der Waals surface area contributed by atoms with Gasteiger partial charge < -0.3 is 5.32 Å². The Balaban J connectivity index is 2.69. The van der Waals surface area contributed by atoms with Gasteiger partial charge in [0.2, 0.25) is 0 Å². The zero-order valence-corrected chi connectivity index (χ0v) is 7.53. The number of hydrogen-bond donors (Lipinski definition) is 3. The van der Waals surface area contributed by atoms with Gasteiger partial charge in [-0.25, -0.2) is 0 Å². The van der Waals surface area contributed by atoms with Crippen molar-refractivity contribution >= 4 is 0 Å². The highest BCUT2D eigenvalue weighted by atomic mass is 15.2. The van der Waals surface area contributed by atoms with Gasteiger partial charge in [0.15, 0.2) is 0 Å².